The number of carbonyl (C=O) groups excluding carboxylic acids is 1. The van der Waals surface area contributed by atoms with Crippen molar-refractivity contribution in [3.05, 3.63) is 93.8 Å². The first-order chi connectivity index (χ1) is 14.2. The first-order valence-electron chi connectivity index (χ1n) is 8.61. The van der Waals surface area contributed by atoms with Crippen LogP contribution in [0.5, 0.6) is 0 Å². The number of anilines is 2. The van der Waals surface area contributed by atoms with Crippen molar-refractivity contribution in [3.8, 4) is 0 Å². The lowest BCUT2D eigenvalue weighted by Gasteiger charge is -2.10. The summed E-state index contributed by atoms with van der Waals surface area (Å²) in [5, 5.41) is 13.5. The van der Waals surface area contributed by atoms with E-state index < -0.39 is 26.7 Å². The van der Waals surface area contributed by atoms with E-state index in [-0.39, 0.29) is 21.8 Å². The van der Waals surface area contributed by atoms with Crippen molar-refractivity contribution in [2.45, 2.75) is 11.8 Å². The SMILES string of the molecule is Cc1cc(C(=O)Nc2ccc(S(=O)(=O)Nc3ccccc3F)cc2)ccc1[N+](=O)[O-]. The van der Waals surface area contributed by atoms with E-state index >= 15 is 0 Å². The molecule has 2 N–H and O–H groups in total. The second-order valence-corrected chi connectivity index (χ2v) is 8.00. The Hall–Kier alpha value is -3.79. The maximum absolute atomic E-state index is 13.7. The molecule has 1 amide bonds. The van der Waals surface area contributed by atoms with E-state index in [2.05, 4.69) is 10.0 Å². The number of nitro groups is 1. The molecule has 3 aromatic rings. The number of aryl methyl sites for hydroxylation is 1. The molecule has 0 unspecified atom stereocenters. The zero-order chi connectivity index (χ0) is 21.9. The largest absolute Gasteiger partial charge is 0.322 e. The van der Waals surface area contributed by atoms with Gasteiger partial charge in [0.2, 0.25) is 0 Å². The van der Waals surface area contributed by atoms with Crippen LogP contribution >= 0.6 is 0 Å². The van der Waals surface area contributed by atoms with Crippen molar-refractivity contribution in [1.82, 2.24) is 0 Å². The number of nitro benzene ring substituents is 1. The Kier molecular flexibility index (Phi) is 5.79. The summed E-state index contributed by atoms with van der Waals surface area (Å²) in [6.45, 7) is 1.52. The van der Waals surface area contributed by atoms with Crippen LogP contribution in [0.1, 0.15) is 15.9 Å². The van der Waals surface area contributed by atoms with Crippen LogP contribution < -0.4 is 10.0 Å². The molecule has 10 heteroatoms. The van der Waals surface area contributed by atoms with Gasteiger partial charge in [-0.3, -0.25) is 19.6 Å². The van der Waals surface area contributed by atoms with Crippen LogP contribution in [-0.2, 0) is 10.0 Å². The number of para-hydroxylation sites is 1. The minimum atomic E-state index is -4.02. The van der Waals surface area contributed by atoms with Gasteiger partial charge in [0.25, 0.3) is 21.6 Å². The molecule has 0 atom stereocenters. The number of rotatable bonds is 6. The predicted octanol–water partition coefficient (Wildman–Crippen LogP) is 4.10. The summed E-state index contributed by atoms with van der Waals surface area (Å²) in [6.07, 6.45) is 0. The van der Waals surface area contributed by atoms with E-state index in [1.807, 2.05) is 0 Å². The van der Waals surface area contributed by atoms with Gasteiger partial charge in [-0.2, -0.15) is 0 Å². The van der Waals surface area contributed by atoms with E-state index in [4.69, 9.17) is 0 Å². The van der Waals surface area contributed by atoms with Gasteiger partial charge in [-0.15, -0.1) is 0 Å². The maximum atomic E-state index is 13.7. The van der Waals surface area contributed by atoms with E-state index in [9.17, 15) is 27.7 Å². The Morgan fingerprint density at radius 1 is 1.03 bits per heavy atom. The monoisotopic (exact) mass is 429 g/mol. The second-order valence-electron chi connectivity index (χ2n) is 6.32. The molecule has 3 aromatic carbocycles. The number of amides is 1. The Balaban J connectivity index is 1.74. The molecule has 0 aliphatic heterocycles. The summed E-state index contributed by atoms with van der Waals surface area (Å²) in [5.41, 5.74) is 0.608. The Morgan fingerprint density at radius 3 is 2.30 bits per heavy atom. The number of nitrogens with zero attached hydrogens (tertiary/aromatic N) is 1. The standard InChI is InChI=1S/C20H16FN3O5S/c1-13-12-14(6-11-19(13)24(26)27)20(25)22-15-7-9-16(10-8-15)30(28,29)23-18-5-3-2-4-17(18)21/h2-12,23H,1H3,(H,22,25). The summed E-state index contributed by atoms with van der Waals surface area (Å²) in [5.74, 6) is -1.21. The molecular formula is C20H16FN3O5S. The average molecular weight is 429 g/mol. The normalized spacial score (nSPS) is 11.0. The predicted molar refractivity (Wildman–Crippen MR) is 109 cm³/mol. The number of hydrogen-bond donors (Lipinski definition) is 2. The van der Waals surface area contributed by atoms with Crippen LogP contribution in [0.25, 0.3) is 0 Å². The lowest BCUT2D eigenvalue weighted by atomic mass is 10.1. The first-order valence-corrected chi connectivity index (χ1v) is 10.1. The third kappa shape index (κ3) is 4.61. The van der Waals surface area contributed by atoms with Gasteiger partial charge in [0, 0.05) is 22.9 Å². The first kappa shape index (κ1) is 20.9. The van der Waals surface area contributed by atoms with Crippen LogP contribution in [0.15, 0.2) is 71.6 Å². The van der Waals surface area contributed by atoms with Gasteiger partial charge in [0.1, 0.15) is 5.82 Å². The van der Waals surface area contributed by atoms with E-state index in [1.165, 1.54) is 67.6 Å². The lowest BCUT2D eigenvalue weighted by Crippen LogP contribution is -2.15. The quantitative estimate of drug-likeness (QED) is 0.452. The van der Waals surface area contributed by atoms with E-state index in [0.717, 1.165) is 6.07 Å². The van der Waals surface area contributed by atoms with Gasteiger partial charge in [0.15, 0.2) is 0 Å². The summed E-state index contributed by atoms with van der Waals surface area (Å²) >= 11 is 0. The Morgan fingerprint density at radius 2 is 1.70 bits per heavy atom. The van der Waals surface area contributed by atoms with Crippen molar-refractivity contribution >= 4 is 33.0 Å². The number of carbonyl (C=O) groups is 1. The number of benzene rings is 3. The average Bonchev–Trinajstić information content (AvgIpc) is 2.69. The third-order valence-corrected chi connectivity index (χ3v) is 5.58. The molecule has 3 rings (SSSR count). The summed E-state index contributed by atoms with van der Waals surface area (Å²) < 4.78 is 40.7. The molecule has 0 bridgehead atoms. The molecule has 0 spiro atoms. The van der Waals surface area contributed by atoms with Crippen molar-refractivity contribution in [2.75, 3.05) is 10.0 Å². The van der Waals surface area contributed by atoms with Gasteiger partial charge in [-0.25, -0.2) is 12.8 Å². The minimum absolute atomic E-state index is 0.0940. The molecule has 0 saturated carbocycles. The lowest BCUT2D eigenvalue weighted by molar-refractivity contribution is -0.385. The highest BCUT2D eigenvalue weighted by molar-refractivity contribution is 7.92. The molecule has 30 heavy (non-hydrogen) atoms. The van der Waals surface area contributed by atoms with Crippen LogP contribution in [-0.4, -0.2) is 19.2 Å². The maximum Gasteiger partial charge on any atom is 0.272 e. The summed E-state index contributed by atoms with van der Waals surface area (Å²) in [7, 11) is -4.02. The fourth-order valence-corrected chi connectivity index (χ4v) is 3.74. The van der Waals surface area contributed by atoms with Gasteiger partial charge >= 0.3 is 0 Å². The van der Waals surface area contributed by atoms with Crippen molar-refractivity contribution in [2.24, 2.45) is 0 Å². The van der Waals surface area contributed by atoms with Gasteiger partial charge in [0.05, 0.1) is 15.5 Å². The third-order valence-electron chi connectivity index (χ3n) is 4.20. The molecule has 0 saturated heterocycles. The number of nitrogens with one attached hydrogen (secondary N) is 2. The Labute approximate surface area is 171 Å². The van der Waals surface area contributed by atoms with Gasteiger partial charge in [-0.1, -0.05) is 12.1 Å². The zero-order valence-electron chi connectivity index (χ0n) is 15.6. The molecular weight excluding hydrogens is 413 g/mol. The number of halogens is 1. The van der Waals surface area contributed by atoms with Crippen LogP contribution in [0.3, 0.4) is 0 Å². The highest BCUT2D eigenvalue weighted by Gasteiger charge is 2.17. The molecule has 0 aromatic heterocycles. The number of sulfonamides is 1. The second kappa shape index (κ2) is 8.29. The fraction of sp³-hybridized carbons (Fsp3) is 0.0500. The molecule has 0 fully saturated rings. The highest BCUT2D eigenvalue weighted by Crippen LogP contribution is 2.22. The van der Waals surface area contributed by atoms with E-state index in [1.54, 1.807) is 0 Å². The molecule has 0 heterocycles. The summed E-state index contributed by atoms with van der Waals surface area (Å²) in [4.78, 5) is 22.6. The molecule has 8 nitrogen and oxygen atoms in total. The van der Waals surface area contributed by atoms with E-state index in [0.29, 0.717) is 11.3 Å². The Bertz CT molecular complexity index is 1230. The van der Waals surface area contributed by atoms with Crippen molar-refractivity contribution < 1.29 is 22.5 Å². The molecule has 0 aliphatic carbocycles. The molecule has 154 valence electrons. The summed E-state index contributed by atoms with van der Waals surface area (Å²) in [6, 6.07) is 14.6. The smallest absolute Gasteiger partial charge is 0.272 e. The highest BCUT2D eigenvalue weighted by atomic mass is 32.2. The zero-order valence-corrected chi connectivity index (χ0v) is 16.4. The van der Waals surface area contributed by atoms with Crippen LogP contribution in [0.4, 0.5) is 21.5 Å². The van der Waals surface area contributed by atoms with Crippen LogP contribution in [0, 0.1) is 22.9 Å². The van der Waals surface area contributed by atoms with Crippen molar-refractivity contribution in [3.63, 3.8) is 0 Å². The van der Waals surface area contributed by atoms with Crippen molar-refractivity contribution in [1.29, 1.82) is 0 Å². The minimum Gasteiger partial charge on any atom is -0.322 e. The van der Waals surface area contributed by atoms with Gasteiger partial charge in [-0.05, 0) is 55.5 Å². The topological polar surface area (TPSA) is 118 Å². The molecule has 0 radical (unpaired) electrons. The van der Waals surface area contributed by atoms with Crippen LogP contribution in [0.2, 0.25) is 0 Å². The number of hydrogen-bond acceptors (Lipinski definition) is 5. The molecule has 0 aliphatic rings. The van der Waals surface area contributed by atoms with Gasteiger partial charge < -0.3 is 5.32 Å². The fourth-order valence-electron chi connectivity index (χ4n) is 2.67.